The molecule has 0 amide bonds. The highest BCUT2D eigenvalue weighted by molar-refractivity contribution is 8.01. The van der Waals surface area contributed by atoms with Gasteiger partial charge in [-0.3, -0.25) is 4.72 Å². The molecule has 0 aliphatic carbocycles. The van der Waals surface area contributed by atoms with Gasteiger partial charge in [0.25, 0.3) is 0 Å². The Morgan fingerprint density at radius 3 is 2.65 bits per heavy atom. The maximum atomic E-state index is 9.80. The van der Waals surface area contributed by atoms with Gasteiger partial charge in [-0.25, -0.2) is 0 Å². The number of allylic oxidation sites excluding steroid dienone is 1. The van der Waals surface area contributed by atoms with Crippen molar-refractivity contribution < 1.29 is 14.9 Å². The zero-order valence-electron chi connectivity index (χ0n) is 14.7. The van der Waals surface area contributed by atoms with Gasteiger partial charge in [0, 0.05) is 18.8 Å². The van der Waals surface area contributed by atoms with Crippen LogP contribution in [0.15, 0.2) is 29.2 Å². The standard InChI is InChI=1S/C19H25N3O3S/c20-12-17(26-21-18-11-16(23)13-25-19(18)24)10-14-4-6-15(7-5-14)22-8-2-1-3-9-22/h4-7,10,16,18-19,21,23-24H,1-3,8-9,11,13H2/b17-10+. The van der Waals surface area contributed by atoms with E-state index in [1.165, 1.54) is 24.9 Å². The summed E-state index contributed by atoms with van der Waals surface area (Å²) in [5.74, 6) is 0. The normalized spacial score (nSPS) is 27.2. The quantitative estimate of drug-likeness (QED) is 0.537. The Morgan fingerprint density at radius 1 is 1.23 bits per heavy atom. The topological polar surface area (TPSA) is 88.8 Å². The summed E-state index contributed by atoms with van der Waals surface area (Å²) < 4.78 is 8.10. The molecule has 3 rings (SSSR count). The monoisotopic (exact) mass is 375 g/mol. The van der Waals surface area contributed by atoms with Crippen LogP contribution in [0.1, 0.15) is 31.2 Å². The number of piperidine rings is 1. The highest BCUT2D eigenvalue weighted by Gasteiger charge is 2.29. The first kappa shape index (κ1) is 19.2. The van der Waals surface area contributed by atoms with Crippen molar-refractivity contribution >= 4 is 23.7 Å². The summed E-state index contributed by atoms with van der Waals surface area (Å²) in [6.07, 6.45) is 4.41. The number of rotatable bonds is 5. The molecule has 2 heterocycles. The third kappa shape index (κ3) is 5.22. The van der Waals surface area contributed by atoms with Crippen LogP contribution >= 0.6 is 11.9 Å². The number of hydrogen-bond acceptors (Lipinski definition) is 7. The Bertz CT molecular complexity index is 653. The molecular formula is C19H25N3O3S. The van der Waals surface area contributed by atoms with Crippen molar-refractivity contribution in [1.29, 1.82) is 5.26 Å². The Hall–Kier alpha value is -1.56. The SMILES string of the molecule is N#C/C(=C\c1ccc(N2CCCCC2)cc1)SNC1CC(O)COC1O. The van der Waals surface area contributed by atoms with E-state index in [1.54, 1.807) is 0 Å². The molecule has 2 fully saturated rings. The van der Waals surface area contributed by atoms with Gasteiger partial charge in [-0.1, -0.05) is 12.1 Å². The van der Waals surface area contributed by atoms with Crippen LogP contribution in [0.5, 0.6) is 0 Å². The van der Waals surface area contributed by atoms with Crippen molar-refractivity contribution in [2.75, 3.05) is 24.6 Å². The highest BCUT2D eigenvalue weighted by atomic mass is 32.2. The van der Waals surface area contributed by atoms with Crippen LogP contribution in [0.25, 0.3) is 6.08 Å². The lowest BCUT2D eigenvalue weighted by atomic mass is 10.1. The van der Waals surface area contributed by atoms with Crippen molar-refractivity contribution in [1.82, 2.24) is 4.72 Å². The molecule has 0 saturated carbocycles. The van der Waals surface area contributed by atoms with Gasteiger partial charge in [-0.05, 0) is 61.4 Å². The van der Waals surface area contributed by atoms with E-state index in [9.17, 15) is 15.5 Å². The second kappa shape index (κ2) is 9.40. The zero-order chi connectivity index (χ0) is 18.4. The summed E-state index contributed by atoms with van der Waals surface area (Å²) in [6.45, 7) is 2.35. The fraction of sp³-hybridized carbons (Fsp3) is 0.526. The third-order valence-electron chi connectivity index (χ3n) is 4.67. The third-order valence-corrected chi connectivity index (χ3v) is 5.52. The number of benzene rings is 1. The van der Waals surface area contributed by atoms with Crippen molar-refractivity contribution in [3.63, 3.8) is 0 Å². The second-order valence-electron chi connectivity index (χ2n) is 6.70. The molecule has 7 heteroatoms. The number of hydrogen-bond donors (Lipinski definition) is 3. The van der Waals surface area contributed by atoms with Crippen LogP contribution in [0.4, 0.5) is 5.69 Å². The van der Waals surface area contributed by atoms with E-state index in [4.69, 9.17) is 4.74 Å². The van der Waals surface area contributed by atoms with E-state index in [1.807, 2.05) is 18.2 Å². The molecule has 3 N–H and O–H groups in total. The van der Waals surface area contributed by atoms with Crippen molar-refractivity contribution in [2.45, 2.75) is 44.1 Å². The molecule has 0 aromatic heterocycles. The average Bonchev–Trinajstić information content (AvgIpc) is 2.68. The number of nitriles is 1. The maximum Gasteiger partial charge on any atom is 0.171 e. The minimum atomic E-state index is -0.977. The predicted octanol–water partition coefficient (Wildman–Crippen LogP) is 2.25. The molecule has 0 radical (unpaired) electrons. The number of nitrogens with one attached hydrogen (secondary N) is 1. The zero-order valence-corrected chi connectivity index (χ0v) is 15.5. The van der Waals surface area contributed by atoms with Crippen LogP contribution in [0, 0.1) is 11.3 Å². The smallest absolute Gasteiger partial charge is 0.171 e. The molecular weight excluding hydrogens is 350 g/mol. The van der Waals surface area contributed by atoms with Gasteiger partial charge < -0.3 is 19.8 Å². The number of ether oxygens (including phenoxy) is 1. The van der Waals surface area contributed by atoms with Crippen molar-refractivity contribution in [3.05, 3.63) is 34.7 Å². The molecule has 26 heavy (non-hydrogen) atoms. The minimum absolute atomic E-state index is 0.133. The van der Waals surface area contributed by atoms with Crippen LogP contribution in [0.2, 0.25) is 0 Å². The lowest BCUT2D eigenvalue weighted by Crippen LogP contribution is -2.46. The highest BCUT2D eigenvalue weighted by Crippen LogP contribution is 2.23. The van der Waals surface area contributed by atoms with Crippen LogP contribution in [0.3, 0.4) is 0 Å². The van der Waals surface area contributed by atoms with Gasteiger partial charge >= 0.3 is 0 Å². The molecule has 0 bridgehead atoms. The average molecular weight is 375 g/mol. The minimum Gasteiger partial charge on any atom is -0.391 e. The molecule has 0 spiro atoms. The van der Waals surface area contributed by atoms with Gasteiger partial charge in [-0.15, -0.1) is 0 Å². The van der Waals surface area contributed by atoms with E-state index in [0.717, 1.165) is 30.6 Å². The van der Waals surface area contributed by atoms with Crippen LogP contribution in [-0.4, -0.2) is 48.3 Å². The summed E-state index contributed by atoms with van der Waals surface area (Å²) in [6, 6.07) is 9.97. The molecule has 3 atom stereocenters. The number of anilines is 1. The molecule has 2 saturated heterocycles. The largest absolute Gasteiger partial charge is 0.391 e. The number of aliphatic hydroxyl groups is 2. The molecule has 3 unspecified atom stereocenters. The van der Waals surface area contributed by atoms with E-state index in [-0.39, 0.29) is 6.61 Å². The van der Waals surface area contributed by atoms with Gasteiger partial charge in [0.05, 0.1) is 18.8 Å². The van der Waals surface area contributed by atoms with Gasteiger partial charge in [0.15, 0.2) is 6.29 Å². The van der Waals surface area contributed by atoms with Crippen molar-refractivity contribution in [2.24, 2.45) is 0 Å². The Kier molecular flexibility index (Phi) is 6.94. The first-order chi connectivity index (χ1) is 12.7. The lowest BCUT2D eigenvalue weighted by molar-refractivity contribution is -0.168. The first-order valence-corrected chi connectivity index (χ1v) is 9.84. The Balaban J connectivity index is 1.58. The van der Waals surface area contributed by atoms with Crippen molar-refractivity contribution in [3.8, 4) is 6.07 Å². The summed E-state index contributed by atoms with van der Waals surface area (Å²) in [5.41, 5.74) is 2.18. The summed E-state index contributed by atoms with van der Waals surface area (Å²) >= 11 is 1.15. The van der Waals surface area contributed by atoms with E-state index in [2.05, 4.69) is 27.8 Å². The number of aliphatic hydroxyl groups excluding tert-OH is 2. The molecule has 1 aromatic carbocycles. The summed E-state index contributed by atoms with van der Waals surface area (Å²) in [7, 11) is 0. The fourth-order valence-electron chi connectivity index (χ4n) is 3.22. The second-order valence-corrected chi connectivity index (χ2v) is 7.58. The molecule has 2 aliphatic rings. The number of nitrogens with zero attached hydrogens (tertiary/aromatic N) is 2. The Morgan fingerprint density at radius 2 is 1.96 bits per heavy atom. The van der Waals surface area contributed by atoms with Gasteiger partial charge in [-0.2, -0.15) is 5.26 Å². The summed E-state index contributed by atoms with van der Waals surface area (Å²) in [4.78, 5) is 2.89. The van der Waals surface area contributed by atoms with Crippen LogP contribution in [-0.2, 0) is 4.74 Å². The molecule has 2 aliphatic heterocycles. The van der Waals surface area contributed by atoms with Crippen LogP contribution < -0.4 is 9.62 Å². The van der Waals surface area contributed by atoms with Gasteiger partial charge in [0.1, 0.15) is 11.0 Å². The predicted molar refractivity (Wildman–Crippen MR) is 103 cm³/mol. The molecule has 1 aromatic rings. The lowest BCUT2D eigenvalue weighted by Gasteiger charge is -2.31. The maximum absolute atomic E-state index is 9.80. The van der Waals surface area contributed by atoms with E-state index >= 15 is 0 Å². The fourth-order valence-corrected chi connectivity index (χ4v) is 3.95. The molecule has 140 valence electrons. The Labute approximate surface area is 158 Å². The molecule has 6 nitrogen and oxygen atoms in total. The summed E-state index contributed by atoms with van der Waals surface area (Å²) in [5, 5.41) is 28.8. The van der Waals surface area contributed by atoms with Gasteiger partial charge in [0.2, 0.25) is 0 Å². The van der Waals surface area contributed by atoms with E-state index in [0.29, 0.717) is 11.3 Å². The van der Waals surface area contributed by atoms with E-state index < -0.39 is 18.4 Å². The first-order valence-electron chi connectivity index (χ1n) is 9.02.